The predicted octanol–water partition coefficient (Wildman–Crippen LogP) is 1.37. The summed E-state index contributed by atoms with van der Waals surface area (Å²) in [6, 6.07) is 0. The van der Waals surface area contributed by atoms with Crippen LogP contribution in [-0.2, 0) is 0 Å². The maximum Gasteiger partial charge on any atom is 0.159 e. The third-order valence-electron chi connectivity index (χ3n) is 2.63. The maximum atomic E-state index is 5.36. The number of anilines is 2. The normalized spacial score (nSPS) is 20.7. The van der Waals surface area contributed by atoms with Crippen LogP contribution < -0.4 is 16.2 Å². The van der Waals surface area contributed by atoms with Crippen molar-refractivity contribution in [3.05, 3.63) is 10.8 Å². The van der Waals surface area contributed by atoms with Crippen molar-refractivity contribution in [3.63, 3.8) is 0 Å². The van der Waals surface area contributed by atoms with E-state index in [9.17, 15) is 0 Å². The van der Waals surface area contributed by atoms with Crippen LogP contribution in [0.2, 0.25) is 0 Å². The Morgan fingerprint density at radius 1 is 1.60 bits per heavy atom. The molecule has 82 valence electrons. The number of nitrogens with two attached hydrogens (primary N) is 1. The molecular formula is C9H14BrN5. The van der Waals surface area contributed by atoms with Crippen LogP contribution in [0.4, 0.5) is 11.6 Å². The zero-order chi connectivity index (χ0) is 10.8. The Bertz CT molecular complexity index is 356. The molecule has 0 bridgehead atoms. The fourth-order valence-corrected chi connectivity index (χ4v) is 2.38. The molecule has 1 unspecified atom stereocenters. The van der Waals surface area contributed by atoms with E-state index in [1.807, 2.05) is 0 Å². The molecule has 3 N–H and O–H groups in total. The molecule has 2 heterocycles. The molecule has 2 rings (SSSR count). The minimum atomic E-state index is 0.625. The first kappa shape index (κ1) is 10.6. The van der Waals surface area contributed by atoms with E-state index in [1.165, 1.54) is 12.7 Å². The van der Waals surface area contributed by atoms with Crippen LogP contribution in [-0.4, -0.2) is 23.1 Å². The van der Waals surface area contributed by atoms with Crippen molar-refractivity contribution in [1.82, 2.24) is 9.97 Å². The largest absolute Gasteiger partial charge is 0.355 e. The molecule has 0 radical (unpaired) electrons. The number of nitrogen functional groups attached to an aromatic ring is 1. The van der Waals surface area contributed by atoms with Gasteiger partial charge in [0.15, 0.2) is 5.82 Å². The topological polar surface area (TPSA) is 67.1 Å². The Hall–Kier alpha value is -0.880. The first-order valence-corrected chi connectivity index (χ1v) is 5.73. The monoisotopic (exact) mass is 271 g/mol. The first-order chi connectivity index (χ1) is 7.22. The van der Waals surface area contributed by atoms with E-state index in [0.29, 0.717) is 5.82 Å². The summed E-state index contributed by atoms with van der Waals surface area (Å²) >= 11 is 3.46. The van der Waals surface area contributed by atoms with Crippen LogP contribution in [0.5, 0.6) is 0 Å². The molecule has 1 fully saturated rings. The Labute approximate surface area is 97.2 Å². The summed E-state index contributed by atoms with van der Waals surface area (Å²) < 4.78 is 0.835. The molecule has 0 spiro atoms. The van der Waals surface area contributed by atoms with Gasteiger partial charge in [-0.1, -0.05) is 6.92 Å². The van der Waals surface area contributed by atoms with Crippen molar-refractivity contribution in [2.45, 2.75) is 13.3 Å². The van der Waals surface area contributed by atoms with Crippen molar-refractivity contribution in [2.75, 3.05) is 23.4 Å². The Kier molecular flexibility index (Phi) is 3.06. The summed E-state index contributed by atoms with van der Waals surface area (Å²) in [7, 11) is 0. The van der Waals surface area contributed by atoms with Gasteiger partial charge in [0.05, 0.1) is 0 Å². The van der Waals surface area contributed by atoms with E-state index in [2.05, 4.69) is 43.1 Å². The number of hydrogen-bond donors (Lipinski definition) is 2. The van der Waals surface area contributed by atoms with Gasteiger partial charge < -0.3 is 10.3 Å². The van der Waals surface area contributed by atoms with Crippen LogP contribution in [0.15, 0.2) is 10.8 Å². The molecule has 0 amide bonds. The lowest BCUT2D eigenvalue weighted by Gasteiger charge is -2.18. The lowest BCUT2D eigenvalue weighted by Crippen LogP contribution is -2.22. The molecule has 1 saturated heterocycles. The summed E-state index contributed by atoms with van der Waals surface area (Å²) in [5, 5.41) is 0. The molecule has 5 nitrogen and oxygen atoms in total. The minimum absolute atomic E-state index is 0.625. The average Bonchev–Trinajstić information content (AvgIpc) is 2.65. The molecule has 0 aromatic carbocycles. The van der Waals surface area contributed by atoms with Crippen molar-refractivity contribution < 1.29 is 0 Å². The maximum absolute atomic E-state index is 5.36. The van der Waals surface area contributed by atoms with Crippen molar-refractivity contribution in [1.29, 1.82) is 0 Å². The molecule has 0 aliphatic carbocycles. The average molecular weight is 272 g/mol. The third kappa shape index (κ3) is 2.05. The molecule has 1 aromatic rings. The van der Waals surface area contributed by atoms with Gasteiger partial charge in [-0.05, 0) is 28.3 Å². The quantitative estimate of drug-likeness (QED) is 0.628. The lowest BCUT2D eigenvalue weighted by molar-refractivity contribution is 0.658. The van der Waals surface area contributed by atoms with Crippen LogP contribution in [0.3, 0.4) is 0 Å². The van der Waals surface area contributed by atoms with Crippen LogP contribution in [0.1, 0.15) is 13.3 Å². The summed E-state index contributed by atoms with van der Waals surface area (Å²) in [6.07, 6.45) is 2.74. The SMILES string of the molecule is CC1CCN(c2ncnc(NN)c2Br)C1. The number of nitrogens with one attached hydrogen (secondary N) is 1. The van der Waals surface area contributed by atoms with E-state index in [0.717, 1.165) is 29.3 Å². The van der Waals surface area contributed by atoms with Gasteiger partial charge in [0, 0.05) is 13.1 Å². The number of halogens is 1. The molecule has 1 aliphatic heterocycles. The van der Waals surface area contributed by atoms with Crippen LogP contribution in [0, 0.1) is 5.92 Å². The van der Waals surface area contributed by atoms with E-state index in [1.54, 1.807) is 0 Å². The van der Waals surface area contributed by atoms with Gasteiger partial charge in [-0.25, -0.2) is 15.8 Å². The highest BCUT2D eigenvalue weighted by Crippen LogP contribution is 2.31. The first-order valence-electron chi connectivity index (χ1n) is 4.94. The predicted molar refractivity (Wildman–Crippen MR) is 63.5 cm³/mol. The summed E-state index contributed by atoms with van der Waals surface area (Å²) in [4.78, 5) is 10.6. The van der Waals surface area contributed by atoms with Gasteiger partial charge in [-0.3, -0.25) is 0 Å². The van der Waals surface area contributed by atoms with Crippen molar-refractivity contribution >= 4 is 27.6 Å². The number of rotatable bonds is 2. The molecule has 1 aromatic heterocycles. The van der Waals surface area contributed by atoms with Crippen LogP contribution in [0.25, 0.3) is 0 Å². The van der Waals surface area contributed by atoms with Gasteiger partial charge in [-0.15, -0.1) is 0 Å². The smallest absolute Gasteiger partial charge is 0.159 e. The Morgan fingerprint density at radius 2 is 2.40 bits per heavy atom. The standard InChI is InChI=1S/C9H14BrN5/c1-6-2-3-15(4-6)9-7(10)8(14-11)12-5-13-9/h5-6H,2-4,11H2,1H3,(H,12,13,14). The van der Waals surface area contributed by atoms with Gasteiger partial charge in [0.2, 0.25) is 0 Å². The van der Waals surface area contributed by atoms with Crippen molar-refractivity contribution in [3.8, 4) is 0 Å². The highest BCUT2D eigenvalue weighted by atomic mass is 79.9. The fourth-order valence-electron chi connectivity index (χ4n) is 1.81. The molecule has 1 aliphatic rings. The molecular weight excluding hydrogens is 258 g/mol. The lowest BCUT2D eigenvalue weighted by atomic mass is 10.2. The summed E-state index contributed by atoms with van der Waals surface area (Å²) in [6.45, 7) is 4.33. The van der Waals surface area contributed by atoms with Crippen LogP contribution >= 0.6 is 15.9 Å². The number of aromatic nitrogens is 2. The zero-order valence-corrected chi connectivity index (χ0v) is 10.2. The number of nitrogens with zero attached hydrogens (tertiary/aromatic N) is 3. The highest BCUT2D eigenvalue weighted by molar-refractivity contribution is 9.10. The summed E-state index contributed by atoms with van der Waals surface area (Å²) in [5.41, 5.74) is 2.55. The zero-order valence-electron chi connectivity index (χ0n) is 8.57. The second-order valence-electron chi connectivity index (χ2n) is 3.84. The summed E-state index contributed by atoms with van der Waals surface area (Å²) in [5.74, 6) is 7.62. The van der Waals surface area contributed by atoms with Crippen molar-refractivity contribution in [2.24, 2.45) is 11.8 Å². The fraction of sp³-hybridized carbons (Fsp3) is 0.556. The molecule has 15 heavy (non-hydrogen) atoms. The van der Waals surface area contributed by atoms with Gasteiger partial charge in [0.25, 0.3) is 0 Å². The Morgan fingerprint density at radius 3 is 3.00 bits per heavy atom. The minimum Gasteiger partial charge on any atom is -0.355 e. The van der Waals surface area contributed by atoms with Gasteiger partial charge in [0.1, 0.15) is 16.6 Å². The highest BCUT2D eigenvalue weighted by Gasteiger charge is 2.22. The number of hydrazine groups is 1. The number of hydrogen-bond acceptors (Lipinski definition) is 5. The molecule has 0 saturated carbocycles. The van der Waals surface area contributed by atoms with E-state index >= 15 is 0 Å². The Balaban J connectivity index is 2.28. The second kappa shape index (κ2) is 4.32. The van der Waals surface area contributed by atoms with Gasteiger partial charge >= 0.3 is 0 Å². The van der Waals surface area contributed by atoms with E-state index in [4.69, 9.17) is 5.84 Å². The van der Waals surface area contributed by atoms with E-state index in [-0.39, 0.29) is 0 Å². The molecule has 1 atom stereocenters. The third-order valence-corrected chi connectivity index (χ3v) is 3.36. The second-order valence-corrected chi connectivity index (χ2v) is 4.64. The van der Waals surface area contributed by atoms with E-state index < -0.39 is 0 Å². The molecule has 6 heteroatoms. The van der Waals surface area contributed by atoms with Gasteiger partial charge in [-0.2, -0.15) is 0 Å².